The number of hydrogen-bond donors (Lipinski definition) is 3. The lowest BCUT2D eigenvalue weighted by Gasteiger charge is -2.08. The van der Waals surface area contributed by atoms with Crippen molar-refractivity contribution in [1.29, 1.82) is 5.26 Å². The number of amides is 2. The average Bonchev–Trinajstić information content (AvgIpc) is 3.12. The van der Waals surface area contributed by atoms with Gasteiger partial charge in [-0.25, -0.2) is 4.98 Å². The van der Waals surface area contributed by atoms with Crippen LogP contribution in [0, 0.1) is 11.3 Å². The van der Waals surface area contributed by atoms with Crippen LogP contribution in [0.4, 0.5) is 0 Å². The van der Waals surface area contributed by atoms with Crippen LogP contribution in [0.25, 0.3) is 11.0 Å². The van der Waals surface area contributed by atoms with Crippen LogP contribution in [0.2, 0.25) is 0 Å². The number of rotatable bonds is 6. The van der Waals surface area contributed by atoms with Gasteiger partial charge < -0.3 is 9.72 Å². The molecule has 0 fully saturated rings. The lowest BCUT2D eigenvalue weighted by molar-refractivity contribution is -0.130. The van der Waals surface area contributed by atoms with E-state index >= 15 is 0 Å². The predicted octanol–water partition coefficient (Wildman–Crippen LogP) is 1.59. The zero-order valence-electron chi connectivity index (χ0n) is 14.4. The van der Waals surface area contributed by atoms with Crippen LogP contribution in [-0.4, -0.2) is 28.4 Å². The number of para-hydroxylation sites is 2. The number of carbonyl (C=O) groups is 2. The molecule has 0 saturated carbocycles. The summed E-state index contributed by atoms with van der Waals surface area (Å²) in [5, 5.41) is 8.72. The Kier molecular flexibility index (Phi) is 5.64. The highest BCUT2D eigenvalue weighted by molar-refractivity contribution is 5.83. The van der Waals surface area contributed by atoms with Gasteiger partial charge in [0.05, 0.1) is 22.7 Å². The Labute approximate surface area is 155 Å². The molecule has 0 spiro atoms. The second kappa shape index (κ2) is 8.49. The SMILES string of the molecule is N#Cc1ccc(OCC(=O)NNC(=O)CCc2nc3ccccc3[nH]2)cc1. The Bertz CT molecular complexity index is 955. The van der Waals surface area contributed by atoms with Crippen molar-refractivity contribution in [3.63, 3.8) is 0 Å². The molecule has 136 valence electrons. The van der Waals surface area contributed by atoms with E-state index in [1.54, 1.807) is 24.3 Å². The van der Waals surface area contributed by atoms with Crippen molar-refractivity contribution in [2.75, 3.05) is 6.61 Å². The van der Waals surface area contributed by atoms with E-state index in [9.17, 15) is 9.59 Å². The first kappa shape index (κ1) is 17.9. The molecule has 0 unspecified atom stereocenters. The number of nitrogens with one attached hydrogen (secondary N) is 3. The molecule has 1 aromatic heterocycles. The molecule has 3 rings (SSSR count). The fraction of sp³-hybridized carbons (Fsp3) is 0.158. The van der Waals surface area contributed by atoms with Crippen molar-refractivity contribution >= 4 is 22.8 Å². The summed E-state index contributed by atoms with van der Waals surface area (Å²) in [4.78, 5) is 31.1. The zero-order valence-corrected chi connectivity index (χ0v) is 14.4. The molecular weight excluding hydrogens is 346 g/mol. The molecule has 0 radical (unpaired) electrons. The van der Waals surface area contributed by atoms with E-state index in [2.05, 4.69) is 20.8 Å². The Morgan fingerprint density at radius 3 is 2.56 bits per heavy atom. The third-order valence-electron chi connectivity index (χ3n) is 3.72. The Morgan fingerprint density at radius 1 is 1.07 bits per heavy atom. The number of ether oxygens (including phenoxy) is 1. The summed E-state index contributed by atoms with van der Waals surface area (Å²) >= 11 is 0. The molecule has 0 aliphatic carbocycles. The van der Waals surface area contributed by atoms with Gasteiger partial charge in [-0.2, -0.15) is 5.26 Å². The quantitative estimate of drug-likeness (QED) is 0.575. The van der Waals surface area contributed by atoms with Gasteiger partial charge in [0.1, 0.15) is 11.6 Å². The molecule has 8 nitrogen and oxygen atoms in total. The van der Waals surface area contributed by atoms with E-state index in [4.69, 9.17) is 10.00 Å². The summed E-state index contributed by atoms with van der Waals surface area (Å²) in [5.74, 6) is 0.348. The van der Waals surface area contributed by atoms with Gasteiger partial charge in [0.15, 0.2) is 6.61 Å². The van der Waals surface area contributed by atoms with Crippen LogP contribution in [-0.2, 0) is 16.0 Å². The molecule has 27 heavy (non-hydrogen) atoms. The van der Waals surface area contributed by atoms with Crippen molar-refractivity contribution in [2.45, 2.75) is 12.8 Å². The molecule has 1 heterocycles. The summed E-state index contributed by atoms with van der Waals surface area (Å²) in [6, 6.07) is 16.0. The van der Waals surface area contributed by atoms with Crippen LogP contribution in [0.3, 0.4) is 0 Å². The Hall–Kier alpha value is -3.86. The monoisotopic (exact) mass is 363 g/mol. The molecule has 0 saturated heterocycles. The van der Waals surface area contributed by atoms with Crippen LogP contribution in [0.5, 0.6) is 5.75 Å². The van der Waals surface area contributed by atoms with Gasteiger partial charge in [0.25, 0.3) is 5.91 Å². The summed E-state index contributed by atoms with van der Waals surface area (Å²) in [6.45, 7) is -0.254. The maximum Gasteiger partial charge on any atom is 0.276 e. The zero-order chi connectivity index (χ0) is 19.1. The van der Waals surface area contributed by atoms with Crippen molar-refractivity contribution in [3.05, 3.63) is 59.9 Å². The lowest BCUT2D eigenvalue weighted by atomic mass is 10.2. The first-order chi connectivity index (χ1) is 13.1. The van der Waals surface area contributed by atoms with Gasteiger partial charge in [0.2, 0.25) is 5.91 Å². The van der Waals surface area contributed by atoms with Gasteiger partial charge in [-0.15, -0.1) is 0 Å². The molecule has 2 amide bonds. The van der Waals surface area contributed by atoms with E-state index < -0.39 is 5.91 Å². The minimum Gasteiger partial charge on any atom is -0.484 e. The predicted molar refractivity (Wildman–Crippen MR) is 97.4 cm³/mol. The molecule has 0 aliphatic rings. The van der Waals surface area contributed by atoms with Gasteiger partial charge in [-0.3, -0.25) is 20.4 Å². The van der Waals surface area contributed by atoms with Crippen molar-refractivity contribution in [3.8, 4) is 11.8 Å². The Balaban J connectivity index is 1.37. The fourth-order valence-electron chi connectivity index (χ4n) is 2.37. The second-order valence-electron chi connectivity index (χ2n) is 5.72. The molecule has 3 aromatic rings. The fourth-order valence-corrected chi connectivity index (χ4v) is 2.37. The number of hydrogen-bond acceptors (Lipinski definition) is 5. The highest BCUT2D eigenvalue weighted by Gasteiger charge is 2.08. The number of aryl methyl sites for hydroxylation is 1. The number of nitriles is 1. The molecule has 8 heteroatoms. The van der Waals surface area contributed by atoms with Crippen LogP contribution >= 0.6 is 0 Å². The van der Waals surface area contributed by atoms with Gasteiger partial charge in [-0.1, -0.05) is 12.1 Å². The summed E-state index contributed by atoms with van der Waals surface area (Å²) in [7, 11) is 0. The standard InChI is InChI=1S/C19H17N5O3/c20-11-13-5-7-14(8-6-13)27-12-19(26)24-23-18(25)10-9-17-21-15-3-1-2-4-16(15)22-17/h1-8H,9-10,12H2,(H,21,22)(H,23,25)(H,24,26). The normalized spacial score (nSPS) is 10.2. The molecule has 3 N–H and O–H groups in total. The summed E-state index contributed by atoms with van der Waals surface area (Å²) < 4.78 is 5.27. The molecule has 0 bridgehead atoms. The van der Waals surface area contributed by atoms with Gasteiger partial charge in [0, 0.05) is 12.8 Å². The highest BCUT2D eigenvalue weighted by Crippen LogP contribution is 2.12. The smallest absolute Gasteiger partial charge is 0.276 e. The van der Waals surface area contributed by atoms with Crippen molar-refractivity contribution in [2.24, 2.45) is 0 Å². The van der Waals surface area contributed by atoms with Gasteiger partial charge in [-0.05, 0) is 36.4 Å². The molecule has 2 aromatic carbocycles. The lowest BCUT2D eigenvalue weighted by Crippen LogP contribution is -2.43. The number of benzene rings is 2. The molecule has 0 aliphatic heterocycles. The highest BCUT2D eigenvalue weighted by atomic mass is 16.5. The topological polar surface area (TPSA) is 120 Å². The number of nitrogens with zero attached hydrogens (tertiary/aromatic N) is 2. The van der Waals surface area contributed by atoms with E-state index in [1.165, 1.54) is 0 Å². The first-order valence-electron chi connectivity index (χ1n) is 8.28. The number of aromatic nitrogens is 2. The van der Waals surface area contributed by atoms with Crippen LogP contribution in [0.1, 0.15) is 17.8 Å². The maximum atomic E-state index is 11.8. The minimum absolute atomic E-state index is 0.177. The maximum absolute atomic E-state index is 11.8. The van der Waals surface area contributed by atoms with Gasteiger partial charge >= 0.3 is 0 Å². The average molecular weight is 363 g/mol. The minimum atomic E-state index is -0.489. The largest absolute Gasteiger partial charge is 0.484 e. The number of aromatic amines is 1. The van der Waals surface area contributed by atoms with E-state index in [0.717, 1.165) is 11.0 Å². The van der Waals surface area contributed by atoms with E-state index in [1.807, 2.05) is 30.3 Å². The van der Waals surface area contributed by atoms with Crippen molar-refractivity contribution in [1.82, 2.24) is 20.8 Å². The number of H-pyrrole nitrogens is 1. The number of hydrazine groups is 1. The third kappa shape index (κ3) is 5.06. The number of fused-ring (bicyclic) bond motifs is 1. The molecule has 0 atom stereocenters. The van der Waals surface area contributed by atoms with E-state index in [-0.39, 0.29) is 18.9 Å². The Morgan fingerprint density at radius 2 is 1.81 bits per heavy atom. The third-order valence-corrected chi connectivity index (χ3v) is 3.72. The van der Waals surface area contributed by atoms with Crippen LogP contribution in [0.15, 0.2) is 48.5 Å². The van der Waals surface area contributed by atoms with E-state index in [0.29, 0.717) is 23.6 Å². The second-order valence-corrected chi connectivity index (χ2v) is 5.72. The van der Waals surface area contributed by atoms with Crippen molar-refractivity contribution < 1.29 is 14.3 Å². The number of carbonyl (C=O) groups excluding carboxylic acids is 2. The summed E-state index contributed by atoms with van der Waals surface area (Å²) in [6.07, 6.45) is 0.606. The number of imidazole rings is 1. The first-order valence-corrected chi connectivity index (χ1v) is 8.28. The molecular formula is C19H17N5O3. The van der Waals surface area contributed by atoms with Crippen LogP contribution < -0.4 is 15.6 Å². The summed E-state index contributed by atoms with van der Waals surface area (Å²) in [5.41, 5.74) is 6.90.